The van der Waals surface area contributed by atoms with Gasteiger partial charge in [0.2, 0.25) is 0 Å². The van der Waals surface area contributed by atoms with Crippen molar-refractivity contribution in [2.75, 3.05) is 6.54 Å². The summed E-state index contributed by atoms with van der Waals surface area (Å²) in [4.78, 5) is 0. The minimum absolute atomic E-state index is 0.00107. The lowest BCUT2D eigenvalue weighted by Crippen LogP contribution is -2.29. The predicted octanol–water partition coefficient (Wildman–Crippen LogP) is 3.01. The Kier molecular flexibility index (Phi) is 4.36. The van der Waals surface area contributed by atoms with E-state index in [9.17, 15) is 10.2 Å². The molecule has 1 fully saturated rings. The Labute approximate surface area is 125 Å². The summed E-state index contributed by atoms with van der Waals surface area (Å²) < 4.78 is 6.30. The average molecular weight is 291 g/mol. The van der Waals surface area contributed by atoms with Crippen molar-refractivity contribution in [2.24, 2.45) is 11.7 Å². The molecule has 116 valence electrons. The van der Waals surface area contributed by atoms with Crippen LogP contribution < -0.4 is 5.73 Å². The van der Waals surface area contributed by atoms with Crippen LogP contribution in [0.25, 0.3) is 0 Å². The lowest BCUT2D eigenvalue weighted by atomic mass is 9.83. The van der Waals surface area contributed by atoms with Gasteiger partial charge in [0.25, 0.3) is 0 Å². The van der Waals surface area contributed by atoms with Crippen molar-refractivity contribution in [3.8, 4) is 11.5 Å². The molecule has 0 amide bonds. The molecule has 1 aliphatic heterocycles. The predicted molar refractivity (Wildman–Crippen MR) is 81.3 cm³/mol. The molecule has 0 radical (unpaired) electrons. The maximum atomic E-state index is 10.1. The molecule has 0 saturated heterocycles. The van der Waals surface area contributed by atoms with Gasteiger partial charge in [0.1, 0.15) is 0 Å². The first-order chi connectivity index (χ1) is 10.2. The number of aromatic hydroxyl groups is 2. The van der Waals surface area contributed by atoms with Gasteiger partial charge in [-0.05, 0) is 43.2 Å². The van der Waals surface area contributed by atoms with E-state index in [0.29, 0.717) is 12.5 Å². The monoisotopic (exact) mass is 291 g/mol. The van der Waals surface area contributed by atoms with E-state index in [0.717, 1.165) is 24.0 Å². The molecule has 0 bridgehead atoms. The Hall–Kier alpha value is -1.26. The second kappa shape index (κ2) is 6.24. The van der Waals surface area contributed by atoms with Gasteiger partial charge < -0.3 is 20.7 Å². The van der Waals surface area contributed by atoms with Gasteiger partial charge >= 0.3 is 0 Å². The summed E-state index contributed by atoms with van der Waals surface area (Å²) >= 11 is 0. The molecular weight excluding hydrogens is 266 g/mol. The average Bonchev–Trinajstić information content (AvgIpc) is 2.71. The first kappa shape index (κ1) is 14.7. The summed E-state index contributed by atoms with van der Waals surface area (Å²) in [5.41, 5.74) is 7.64. The standard InChI is InChI=1S/C17H25NO3/c18-10-16-12-6-8-14(19)17(20)13(12)7-9-15(21-16)11-4-2-1-3-5-11/h6,8,11,15-16,19-20H,1-5,7,9-10,18H2/t15-,16-/m0/s1. The second-order valence-electron chi connectivity index (χ2n) is 6.34. The maximum absolute atomic E-state index is 10.1. The molecule has 1 aromatic rings. The number of nitrogens with two attached hydrogens (primary N) is 1. The highest BCUT2D eigenvalue weighted by atomic mass is 16.5. The number of hydrogen-bond acceptors (Lipinski definition) is 4. The van der Waals surface area contributed by atoms with Gasteiger partial charge in [-0.3, -0.25) is 0 Å². The van der Waals surface area contributed by atoms with E-state index in [2.05, 4.69) is 0 Å². The summed E-state index contributed by atoms with van der Waals surface area (Å²) in [7, 11) is 0. The van der Waals surface area contributed by atoms with Gasteiger partial charge in [-0.25, -0.2) is 0 Å². The van der Waals surface area contributed by atoms with Crippen LogP contribution in [0.3, 0.4) is 0 Å². The lowest BCUT2D eigenvalue weighted by molar-refractivity contribution is -0.0479. The number of phenolic OH excluding ortho intramolecular Hbond substituents is 2. The number of fused-ring (bicyclic) bond motifs is 1. The van der Waals surface area contributed by atoms with Crippen molar-refractivity contribution in [2.45, 2.75) is 57.2 Å². The number of phenols is 2. The minimum atomic E-state index is -0.180. The third-order valence-corrected chi connectivity index (χ3v) is 5.05. The molecule has 0 spiro atoms. The van der Waals surface area contributed by atoms with Crippen LogP contribution in [0.15, 0.2) is 12.1 Å². The molecule has 4 N–H and O–H groups in total. The van der Waals surface area contributed by atoms with Crippen LogP contribution >= 0.6 is 0 Å². The summed E-state index contributed by atoms with van der Waals surface area (Å²) in [6.07, 6.45) is 8.05. The molecule has 0 aromatic heterocycles. The van der Waals surface area contributed by atoms with Gasteiger partial charge in [0, 0.05) is 12.1 Å². The summed E-state index contributed by atoms with van der Waals surface area (Å²) in [6, 6.07) is 3.37. The Morgan fingerprint density at radius 1 is 1.10 bits per heavy atom. The van der Waals surface area contributed by atoms with Crippen LogP contribution in [0.2, 0.25) is 0 Å². The molecule has 21 heavy (non-hydrogen) atoms. The van der Waals surface area contributed by atoms with E-state index in [1.807, 2.05) is 6.07 Å². The zero-order valence-electron chi connectivity index (χ0n) is 12.4. The first-order valence-corrected chi connectivity index (χ1v) is 8.10. The van der Waals surface area contributed by atoms with Gasteiger partial charge in [-0.1, -0.05) is 25.3 Å². The highest BCUT2D eigenvalue weighted by Gasteiger charge is 2.32. The Morgan fingerprint density at radius 2 is 1.86 bits per heavy atom. The summed E-state index contributed by atoms with van der Waals surface area (Å²) in [6.45, 7) is 0.403. The van der Waals surface area contributed by atoms with Crippen molar-refractivity contribution in [3.63, 3.8) is 0 Å². The van der Waals surface area contributed by atoms with Crippen LogP contribution in [-0.4, -0.2) is 22.9 Å². The van der Waals surface area contributed by atoms with Crippen molar-refractivity contribution < 1.29 is 14.9 Å². The smallest absolute Gasteiger partial charge is 0.161 e. The lowest BCUT2D eigenvalue weighted by Gasteiger charge is -2.31. The molecular formula is C17H25NO3. The number of rotatable bonds is 2. The van der Waals surface area contributed by atoms with E-state index in [1.54, 1.807) is 0 Å². The molecule has 1 heterocycles. The zero-order chi connectivity index (χ0) is 14.8. The van der Waals surface area contributed by atoms with Gasteiger partial charge in [-0.15, -0.1) is 0 Å². The van der Waals surface area contributed by atoms with Crippen LogP contribution in [0.5, 0.6) is 11.5 Å². The maximum Gasteiger partial charge on any atom is 0.161 e. The van der Waals surface area contributed by atoms with E-state index in [-0.39, 0.29) is 23.7 Å². The Bertz CT molecular complexity index is 497. The quantitative estimate of drug-likeness (QED) is 0.732. The minimum Gasteiger partial charge on any atom is -0.504 e. The van der Waals surface area contributed by atoms with Crippen LogP contribution in [0.4, 0.5) is 0 Å². The van der Waals surface area contributed by atoms with Crippen molar-refractivity contribution in [1.29, 1.82) is 0 Å². The third kappa shape index (κ3) is 2.87. The summed E-state index contributed by atoms with van der Waals surface area (Å²) in [5, 5.41) is 19.9. The van der Waals surface area contributed by atoms with E-state index < -0.39 is 0 Å². The number of hydrogen-bond donors (Lipinski definition) is 3. The molecule has 1 saturated carbocycles. The largest absolute Gasteiger partial charge is 0.504 e. The fourth-order valence-electron chi connectivity index (χ4n) is 3.88. The van der Waals surface area contributed by atoms with Crippen LogP contribution in [0.1, 0.15) is 55.8 Å². The van der Waals surface area contributed by atoms with Crippen molar-refractivity contribution >= 4 is 0 Å². The normalized spacial score (nSPS) is 27.1. The molecule has 2 atom stereocenters. The molecule has 0 unspecified atom stereocenters. The van der Waals surface area contributed by atoms with E-state index in [1.165, 1.54) is 38.2 Å². The Morgan fingerprint density at radius 3 is 2.57 bits per heavy atom. The SMILES string of the molecule is NC[C@@H]1O[C@H](C2CCCCC2)CCc2c1ccc(O)c2O. The van der Waals surface area contributed by atoms with Gasteiger partial charge in [0.05, 0.1) is 12.2 Å². The van der Waals surface area contributed by atoms with Crippen molar-refractivity contribution in [3.05, 3.63) is 23.3 Å². The summed E-state index contributed by atoms with van der Waals surface area (Å²) in [5.74, 6) is 0.553. The van der Waals surface area contributed by atoms with Gasteiger partial charge in [0.15, 0.2) is 11.5 Å². The Balaban J connectivity index is 1.86. The van der Waals surface area contributed by atoms with Crippen LogP contribution in [0, 0.1) is 5.92 Å². The third-order valence-electron chi connectivity index (χ3n) is 5.05. The molecule has 4 heteroatoms. The highest BCUT2D eigenvalue weighted by molar-refractivity contribution is 5.50. The van der Waals surface area contributed by atoms with E-state index >= 15 is 0 Å². The van der Waals surface area contributed by atoms with Crippen LogP contribution in [-0.2, 0) is 11.2 Å². The number of ether oxygens (including phenoxy) is 1. The number of benzene rings is 1. The second-order valence-corrected chi connectivity index (χ2v) is 6.34. The van der Waals surface area contributed by atoms with E-state index in [4.69, 9.17) is 10.5 Å². The molecule has 1 aromatic carbocycles. The zero-order valence-corrected chi connectivity index (χ0v) is 12.4. The molecule has 1 aliphatic carbocycles. The highest BCUT2D eigenvalue weighted by Crippen LogP contribution is 2.41. The molecule has 4 nitrogen and oxygen atoms in total. The fourth-order valence-corrected chi connectivity index (χ4v) is 3.88. The molecule has 3 rings (SSSR count). The van der Waals surface area contributed by atoms with Gasteiger partial charge in [-0.2, -0.15) is 0 Å². The van der Waals surface area contributed by atoms with Crippen molar-refractivity contribution in [1.82, 2.24) is 0 Å². The fraction of sp³-hybridized carbons (Fsp3) is 0.647. The molecule has 2 aliphatic rings. The topological polar surface area (TPSA) is 75.7 Å². The first-order valence-electron chi connectivity index (χ1n) is 8.10.